The van der Waals surface area contributed by atoms with E-state index in [-0.39, 0.29) is 0 Å². The molecule has 0 aromatic heterocycles. The maximum absolute atomic E-state index is 12.2. The van der Waals surface area contributed by atoms with E-state index in [0.29, 0.717) is 0 Å². The number of hydrogen-bond acceptors (Lipinski definition) is 21. The molecule has 31 heteroatoms. The van der Waals surface area contributed by atoms with Gasteiger partial charge in [0.1, 0.15) is 0 Å². The summed E-state index contributed by atoms with van der Waals surface area (Å²) in [6, 6.07) is 0. The van der Waals surface area contributed by atoms with Gasteiger partial charge >= 0.3 is 211 Å². The van der Waals surface area contributed by atoms with E-state index in [1.165, 1.54) is 0 Å². The molecule has 0 amide bonds. The normalized spacial score (nSPS) is 48.8. The van der Waals surface area contributed by atoms with Crippen LogP contribution < -0.4 is 0 Å². The van der Waals surface area contributed by atoms with Gasteiger partial charge in [0, 0.05) is 0 Å². The Kier molecular flexibility index (Phi) is 6.94. The predicted molar refractivity (Wildman–Crippen MR) is 84.9 cm³/mol. The number of hydrogen-bond donors (Lipinski definition) is 0. The molecule has 0 unspecified atom stereocenters. The van der Waals surface area contributed by atoms with Gasteiger partial charge in [-0.25, -0.2) is 0 Å². The minimum atomic E-state index is -4.48. The van der Waals surface area contributed by atoms with Crippen molar-refractivity contribution in [2.24, 2.45) is 0 Å². The van der Waals surface area contributed by atoms with Crippen LogP contribution in [0.25, 0.3) is 0 Å². The molecule has 176 valence electrons. The first-order chi connectivity index (χ1) is 14.3. The van der Waals surface area contributed by atoms with Gasteiger partial charge in [0.05, 0.1) is 0 Å². The molecule has 31 heavy (non-hydrogen) atoms. The van der Waals surface area contributed by atoms with E-state index in [1.54, 1.807) is 0 Å². The van der Waals surface area contributed by atoms with Gasteiger partial charge < -0.3 is 0 Å². The summed E-state index contributed by atoms with van der Waals surface area (Å²) in [6.07, 6.45) is 0. The quantitative estimate of drug-likeness (QED) is 0.273. The fourth-order valence-corrected chi connectivity index (χ4v) is 60.2. The first-order valence-electron chi connectivity index (χ1n) is 6.57. The third kappa shape index (κ3) is 5.29. The molecular weight excluding hydrogens is 1360 g/mol. The van der Waals surface area contributed by atoms with E-state index in [4.69, 9.17) is 20.8 Å². The summed E-state index contributed by atoms with van der Waals surface area (Å²) in [6.45, 7) is 0. The van der Waals surface area contributed by atoms with Crippen LogP contribution in [0.2, 0.25) is 0 Å². The first-order valence-corrected chi connectivity index (χ1v) is 32.4. The van der Waals surface area contributed by atoms with Gasteiger partial charge in [-0.2, -0.15) is 0 Å². The molecule has 0 aromatic rings. The van der Waals surface area contributed by atoms with E-state index in [2.05, 4.69) is 23.3 Å². The van der Waals surface area contributed by atoms with Crippen molar-refractivity contribution in [3.05, 3.63) is 0 Å². The maximum atomic E-state index is 12.2. The van der Waals surface area contributed by atoms with Gasteiger partial charge in [-0.3, -0.25) is 0 Å². The Morgan fingerprint density at radius 3 is 1.13 bits per heavy atom. The molecule has 0 saturated carbocycles. The van der Waals surface area contributed by atoms with Gasteiger partial charge in [0.2, 0.25) is 0 Å². The van der Waals surface area contributed by atoms with Gasteiger partial charge in [0.25, 0.3) is 0 Å². The molecule has 0 spiro atoms. The van der Waals surface area contributed by atoms with Crippen LogP contribution in [0.3, 0.4) is 0 Å². The summed E-state index contributed by atoms with van der Waals surface area (Å²) < 4.78 is 142. The third-order valence-electron chi connectivity index (χ3n) is 2.60. The Balaban J connectivity index is 0.987. The Hall–Kier alpha value is 4.31. The Labute approximate surface area is 208 Å². The van der Waals surface area contributed by atoms with Crippen molar-refractivity contribution in [1.29, 1.82) is 0 Å². The Morgan fingerprint density at radius 2 is 0.806 bits per heavy atom. The molecule has 8 fully saturated rings. The summed E-state index contributed by atoms with van der Waals surface area (Å²) in [7, 11) is -25.6. The van der Waals surface area contributed by atoms with Crippen LogP contribution >= 0.6 is 46.9 Å². The van der Waals surface area contributed by atoms with Crippen molar-refractivity contribution >= 4 is 139 Å². The molecule has 0 aliphatic carbocycles. The van der Waals surface area contributed by atoms with Gasteiger partial charge in [-0.1, -0.05) is 0 Å². The van der Waals surface area contributed by atoms with Crippen LogP contribution in [0.15, 0.2) is 0 Å². The summed E-state index contributed by atoms with van der Waals surface area (Å²) >= 11 is -15.4. The van der Waals surface area contributed by atoms with Crippen LogP contribution in [0, 0.1) is 0 Å². The first kappa shape index (κ1) is 25.6. The molecule has 8 aliphatic rings. The van der Waals surface area contributed by atoms with Gasteiger partial charge in [0.15, 0.2) is 0 Å². The molecule has 21 nitrogen and oxygen atoms in total. The van der Waals surface area contributed by atoms with E-state index < -0.39 is 139 Å². The summed E-state index contributed by atoms with van der Waals surface area (Å²) in [5.74, 6) is 0. The minimum absolute atomic E-state index is 3.55. The zero-order chi connectivity index (χ0) is 21.9. The molecule has 0 atom stereocenters. The van der Waals surface area contributed by atoms with Gasteiger partial charge in [-0.05, 0) is 0 Å². The zero-order valence-corrected chi connectivity index (χ0v) is 32.3. The van der Waals surface area contributed by atoms with Crippen molar-refractivity contribution < 1.29 is 71.5 Å². The average Bonchev–Trinajstić information content (AvgIpc) is 2.47. The fraction of sp³-hybridized carbons (Fsp3) is 0. The van der Waals surface area contributed by atoms with E-state index in [9.17, 15) is 27.4 Å². The summed E-state index contributed by atoms with van der Waals surface area (Å²) in [5, 5.41) is 0. The van der Waals surface area contributed by atoms with Crippen LogP contribution in [-0.2, 0) is 71.5 Å². The molecule has 8 rings (SSSR count). The fourth-order valence-electron chi connectivity index (χ4n) is 1.70. The summed E-state index contributed by atoms with van der Waals surface area (Å²) in [5.41, 5.74) is 0. The number of rotatable bonds is 6. The van der Waals surface area contributed by atoms with Crippen LogP contribution in [0.4, 0.5) is 0 Å². The third-order valence-corrected chi connectivity index (χ3v) is 58.0. The van der Waals surface area contributed by atoms with Crippen LogP contribution in [0.5, 0.6) is 0 Å². The van der Waals surface area contributed by atoms with Crippen molar-refractivity contribution in [1.82, 2.24) is 0 Å². The standard InChI is InChI=1S/4Bi.3H4O7P2/c;;;;3*1-8(2,3)7-9(4,5)6/h;;;;3*(H2,1,2,3)(H2,4,5,6)/q4*+3;;;/p-12. The molecule has 0 N–H and O–H groups in total. The van der Waals surface area contributed by atoms with Crippen LogP contribution in [-0.4, -0.2) is 92.3 Å². The molecule has 0 aromatic carbocycles. The number of fused-ring (bicyclic) bond motifs is 4. The van der Waals surface area contributed by atoms with Crippen molar-refractivity contribution in [3.63, 3.8) is 0 Å². The number of phosphoric acid groups is 6. The second-order valence-corrected chi connectivity index (χ2v) is 43.9. The van der Waals surface area contributed by atoms with Crippen molar-refractivity contribution in [2.75, 3.05) is 0 Å². The predicted octanol–water partition coefficient (Wildman–Crippen LogP) is 1.91. The molecular formula is Bi4O21P6. The van der Waals surface area contributed by atoms with Gasteiger partial charge in [-0.15, -0.1) is 0 Å². The van der Waals surface area contributed by atoms with Crippen molar-refractivity contribution in [2.45, 2.75) is 0 Å². The molecule has 8 aliphatic heterocycles. The molecule has 8 heterocycles. The van der Waals surface area contributed by atoms with E-state index in [1.807, 2.05) is 0 Å². The second kappa shape index (κ2) is 8.40. The van der Waals surface area contributed by atoms with E-state index >= 15 is 0 Å². The Morgan fingerprint density at radius 1 is 0.452 bits per heavy atom. The average molecular weight is 1360 g/mol. The second-order valence-electron chi connectivity index (χ2n) is 4.80. The molecule has 0 radical (unpaired) electrons. The zero-order valence-electron chi connectivity index (χ0n) is 13.0. The monoisotopic (exact) mass is 1360 g/mol. The van der Waals surface area contributed by atoms with Crippen molar-refractivity contribution in [3.8, 4) is 0 Å². The Bertz CT molecular complexity index is 997. The van der Waals surface area contributed by atoms with Crippen LogP contribution in [0.1, 0.15) is 0 Å². The SMILES string of the molecule is O=P1(OP2(=O)[O][Bi]([O]P3(=O)[O][Bi]4[O]P(=O)([O]4)O3)[O]2)[O][Bi]([O]P2(=O)[O][Bi]3[O]P(=O)([O]3)O2)[O]1. The molecule has 8 saturated heterocycles. The summed E-state index contributed by atoms with van der Waals surface area (Å²) in [4.78, 5) is 0. The molecule has 4 bridgehead atoms. The topological polar surface area (TPSA) is 241 Å². The van der Waals surface area contributed by atoms with E-state index in [0.717, 1.165) is 0 Å².